The van der Waals surface area contributed by atoms with Crippen LogP contribution >= 0.6 is 16.3 Å². The summed E-state index contributed by atoms with van der Waals surface area (Å²) in [6.45, 7) is 0. The van der Waals surface area contributed by atoms with E-state index in [-0.39, 0.29) is 11.9 Å². The molecule has 0 aliphatic heterocycles. The fraction of sp³-hybridized carbons (Fsp3) is 0.833. The Morgan fingerprint density at radius 3 is 2.44 bits per heavy atom. The summed E-state index contributed by atoms with van der Waals surface area (Å²) in [6.07, 6.45) is 4.36. The largest absolute Gasteiger partial charge is 0.383 e. The fourth-order valence-corrected chi connectivity index (χ4v) is 1.49. The highest BCUT2D eigenvalue weighted by atomic mass is 79.9. The standard InChI is InChI=1S/C6H9BrO2/c7-9-6(8)5-3-1-2-4-5/h5H,1-4H2. The fourth-order valence-electron chi connectivity index (χ4n) is 1.22. The lowest BCUT2D eigenvalue weighted by Crippen LogP contribution is -2.09. The molecule has 0 unspecified atom stereocenters. The summed E-state index contributed by atoms with van der Waals surface area (Å²) in [6, 6.07) is 0. The Morgan fingerprint density at radius 2 is 2.00 bits per heavy atom. The van der Waals surface area contributed by atoms with Crippen molar-refractivity contribution in [3.63, 3.8) is 0 Å². The second-order valence-corrected chi connectivity index (χ2v) is 2.70. The third-order valence-electron chi connectivity index (χ3n) is 1.76. The van der Waals surface area contributed by atoms with Gasteiger partial charge in [0.05, 0.1) is 5.92 Å². The zero-order valence-corrected chi connectivity index (χ0v) is 6.69. The van der Waals surface area contributed by atoms with E-state index in [9.17, 15) is 4.79 Å². The summed E-state index contributed by atoms with van der Waals surface area (Å²) in [4.78, 5) is 10.7. The van der Waals surface area contributed by atoms with Crippen molar-refractivity contribution in [2.75, 3.05) is 0 Å². The smallest absolute Gasteiger partial charge is 0.320 e. The van der Waals surface area contributed by atoms with Crippen LogP contribution in [0.5, 0.6) is 0 Å². The van der Waals surface area contributed by atoms with Gasteiger partial charge in [0, 0.05) is 0 Å². The van der Waals surface area contributed by atoms with Crippen molar-refractivity contribution in [2.24, 2.45) is 5.92 Å². The maximum atomic E-state index is 10.7. The molecule has 1 rings (SSSR count). The van der Waals surface area contributed by atoms with Gasteiger partial charge in [0.2, 0.25) is 0 Å². The van der Waals surface area contributed by atoms with Crippen LogP contribution in [0.3, 0.4) is 0 Å². The SMILES string of the molecule is O=C(OBr)C1CCCC1. The zero-order chi connectivity index (χ0) is 6.69. The molecule has 52 valence electrons. The number of carbonyl (C=O) groups is 1. The summed E-state index contributed by atoms with van der Waals surface area (Å²) in [5.41, 5.74) is 0. The van der Waals surface area contributed by atoms with E-state index < -0.39 is 0 Å². The van der Waals surface area contributed by atoms with Crippen LogP contribution in [0, 0.1) is 5.92 Å². The van der Waals surface area contributed by atoms with Crippen LogP contribution in [-0.4, -0.2) is 5.97 Å². The second-order valence-electron chi connectivity index (χ2n) is 2.38. The van der Waals surface area contributed by atoms with Crippen molar-refractivity contribution >= 4 is 22.2 Å². The molecule has 0 bridgehead atoms. The van der Waals surface area contributed by atoms with Crippen LogP contribution in [0.1, 0.15) is 25.7 Å². The van der Waals surface area contributed by atoms with Crippen molar-refractivity contribution < 1.29 is 8.62 Å². The van der Waals surface area contributed by atoms with Crippen LogP contribution in [0.2, 0.25) is 0 Å². The minimum Gasteiger partial charge on any atom is -0.383 e. The zero-order valence-electron chi connectivity index (χ0n) is 5.10. The first-order valence-electron chi connectivity index (χ1n) is 3.17. The molecule has 0 aromatic rings. The van der Waals surface area contributed by atoms with E-state index in [1.807, 2.05) is 0 Å². The van der Waals surface area contributed by atoms with Gasteiger partial charge in [-0.1, -0.05) is 12.8 Å². The van der Waals surface area contributed by atoms with Gasteiger partial charge in [0.1, 0.15) is 0 Å². The molecule has 9 heavy (non-hydrogen) atoms. The van der Waals surface area contributed by atoms with E-state index in [1.54, 1.807) is 0 Å². The van der Waals surface area contributed by atoms with Crippen LogP contribution in [0.15, 0.2) is 0 Å². The highest BCUT2D eigenvalue weighted by Crippen LogP contribution is 2.26. The maximum Gasteiger partial charge on any atom is 0.320 e. The first kappa shape index (κ1) is 7.06. The van der Waals surface area contributed by atoms with Crippen LogP contribution in [0.25, 0.3) is 0 Å². The third kappa shape index (κ3) is 1.68. The van der Waals surface area contributed by atoms with Gasteiger partial charge in [-0.3, -0.25) is 4.79 Å². The predicted octanol–water partition coefficient (Wildman–Crippen LogP) is 2.03. The Bertz CT molecular complexity index is 108. The quantitative estimate of drug-likeness (QED) is 0.636. The van der Waals surface area contributed by atoms with E-state index in [4.69, 9.17) is 0 Å². The van der Waals surface area contributed by atoms with Crippen LogP contribution in [0.4, 0.5) is 0 Å². The molecule has 0 N–H and O–H groups in total. The normalized spacial score (nSPS) is 20.1. The van der Waals surface area contributed by atoms with Gasteiger partial charge in [-0.2, -0.15) is 0 Å². The monoisotopic (exact) mass is 192 g/mol. The Balaban J connectivity index is 2.32. The summed E-state index contributed by atoms with van der Waals surface area (Å²) in [7, 11) is 0. The van der Waals surface area contributed by atoms with Gasteiger partial charge < -0.3 is 3.83 Å². The average molecular weight is 193 g/mol. The number of hydrogen-bond donors (Lipinski definition) is 0. The molecule has 0 aromatic carbocycles. The van der Waals surface area contributed by atoms with Crippen molar-refractivity contribution in [1.29, 1.82) is 0 Å². The summed E-state index contributed by atoms with van der Waals surface area (Å²) in [5, 5.41) is 0. The highest BCUT2D eigenvalue weighted by molar-refractivity contribution is 9.06. The van der Waals surface area contributed by atoms with Crippen molar-refractivity contribution in [2.45, 2.75) is 25.7 Å². The molecule has 0 radical (unpaired) electrons. The van der Waals surface area contributed by atoms with E-state index in [1.165, 1.54) is 12.8 Å². The predicted molar refractivity (Wildman–Crippen MR) is 37.0 cm³/mol. The lowest BCUT2D eigenvalue weighted by Gasteiger charge is -2.01. The summed E-state index contributed by atoms with van der Waals surface area (Å²) in [5.74, 6) is 0.0666. The minimum absolute atomic E-state index is 0.104. The molecule has 1 saturated carbocycles. The van der Waals surface area contributed by atoms with E-state index in [2.05, 4.69) is 20.1 Å². The molecule has 2 nitrogen and oxygen atoms in total. The first-order chi connectivity index (χ1) is 4.34. The molecule has 0 atom stereocenters. The van der Waals surface area contributed by atoms with E-state index in [0.717, 1.165) is 12.8 Å². The summed E-state index contributed by atoms with van der Waals surface area (Å²) < 4.78 is 4.41. The second kappa shape index (κ2) is 3.20. The highest BCUT2D eigenvalue weighted by Gasteiger charge is 2.23. The molecular formula is C6H9BrO2. The Hall–Kier alpha value is -0.0500. The topological polar surface area (TPSA) is 26.3 Å². The summed E-state index contributed by atoms with van der Waals surface area (Å²) >= 11 is 2.68. The lowest BCUT2D eigenvalue weighted by atomic mass is 10.1. The maximum absolute atomic E-state index is 10.7. The van der Waals surface area contributed by atoms with Gasteiger partial charge in [0.15, 0.2) is 16.3 Å². The molecule has 0 spiro atoms. The number of carbonyl (C=O) groups excluding carboxylic acids is 1. The van der Waals surface area contributed by atoms with Crippen LogP contribution in [-0.2, 0) is 8.62 Å². The Labute approximate surface area is 63.0 Å². The molecular weight excluding hydrogens is 184 g/mol. The Kier molecular flexibility index (Phi) is 2.51. The van der Waals surface area contributed by atoms with Gasteiger partial charge >= 0.3 is 5.97 Å². The Morgan fingerprint density at radius 1 is 1.44 bits per heavy atom. The molecule has 3 heteroatoms. The van der Waals surface area contributed by atoms with Crippen molar-refractivity contribution in [3.8, 4) is 0 Å². The number of hydrogen-bond acceptors (Lipinski definition) is 2. The number of halogens is 1. The van der Waals surface area contributed by atoms with Gasteiger partial charge in [-0.15, -0.1) is 0 Å². The molecule has 0 aromatic heterocycles. The molecule has 0 amide bonds. The molecule has 0 heterocycles. The lowest BCUT2D eigenvalue weighted by molar-refractivity contribution is -0.136. The van der Waals surface area contributed by atoms with Gasteiger partial charge in [-0.25, -0.2) is 0 Å². The van der Waals surface area contributed by atoms with Crippen molar-refractivity contribution in [1.82, 2.24) is 0 Å². The minimum atomic E-state index is -0.104. The average Bonchev–Trinajstić information content (AvgIpc) is 2.37. The molecule has 0 saturated heterocycles. The molecule has 1 aliphatic carbocycles. The van der Waals surface area contributed by atoms with Crippen molar-refractivity contribution in [3.05, 3.63) is 0 Å². The number of rotatable bonds is 1. The van der Waals surface area contributed by atoms with Gasteiger partial charge in [-0.05, 0) is 12.8 Å². The third-order valence-corrected chi connectivity index (χ3v) is 2.08. The van der Waals surface area contributed by atoms with E-state index >= 15 is 0 Å². The van der Waals surface area contributed by atoms with E-state index in [0.29, 0.717) is 0 Å². The molecule has 1 fully saturated rings. The van der Waals surface area contributed by atoms with Crippen LogP contribution < -0.4 is 0 Å². The van der Waals surface area contributed by atoms with Gasteiger partial charge in [0.25, 0.3) is 0 Å². The molecule has 1 aliphatic rings. The first-order valence-corrected chi connectivity index (χ1v) is 3.82.